The highest BCUT2D eigenvalue weighted by molar-refractivity contribution is 6.30. The van der Waals surface area contributed by atoms with Crippen molar-refractivity contribution in [3.63, 3.8) is 0 Å². The van der Waals surface area contributed by atoms with Gasteiger partial charge in [-0.15, -0.1) is 0 Å². The van der Waals surface area contributed by atoms with Crippen LogP contribution in [0.2, 0.25) is 5.02 Å². The van der Waals surface area contributed by atoms with Crippen molar-refractivity contribution in [2.75, 3.05) is 26.7 Å². The fourth-order valence-electron chi connectivity index (χ4n) is 1.63. The van der Waals surface area contributed by atoms with Crippen molar-refractivity contribution in [3.05, 3.63) is 29.3 Å². The van der Waals surface area contributed by atoms with Gasteiger partial charge < -0.3 is 19.8 Å². The number of ether oxygens (including phenoxy) is 1. The molecule has 0 aromatic heterocycles. The van der Waals surface area contributed by atoms with E-state index in [4.69, 9.17) is 16.3 Å². The van der Waals surface area contributed by atoms with E-state index in [1.165, 1.54) is 0 Å². The Labute approximate surface area is 119 Å². The maximum atomic E-state index is 9.85. The Morgan fingerprint density at radius 2 is 1.89 bits per heavy atom. The van der Waals surface area contributed by atoms with Crippen molar-refractivity contribution < 1.29 is 14.9 Å². The Morgan fingerprint density at radius 3 is 2.47 bits per heavy atom. The molecular weight excluding hydrogens is 266 g/mol. The Morgan fingerprint density at radius 1 is 1.26 bits per heavy atom. The Hall–Kier alpha value is -0.810. The zero-order valence-electron chi connectivity index (χ0n) is 11.4. The highest BCUT2D eigenvalue weighted by atomic mass is 35.5. The first-order valence-electron chi connectivity index (χ1n) is 6.40. The second kappa shape index (κ2) is 8.38. The molecule has 0 aliphatic rings. The summed E-state index contributed by atoms with van der Waals surface area (Å²) in [4.78, 5) is 1.97. The summed E-state index contributed by atoms with van der Waals surface area (Å²) in [5.41, 5.74) is 0. The summed E-state index contributed by atoms with van der Waals surface area (Å²) in [7, 11) is 1.91. The van der Waals surface area contributed by atoms with E-state index in [0.717, 1.165) is 6.54 Å². The molecule has 0 aliphatic heterocycles. The normalized spacial score (nSPS) is 14.4. The number of aliphatic hydroxyl groups is 2. The SMILES string of the molecule is CC(O)CCN(C)CC(O)COc1ccc(Cl)cc1. The quantitative estimate of drug-likeness (QED) is 0.765. The molecule has 0 heterocycles. The first-order chi connectivity index (χ1) is 8.97. The van der Waals surface area contributed by atoms with E-state index in [2.05, 4.69) is 0 Å². The lowest BCUT2D eigenvalue weighted by molar-refractivity contribution is 0.0708. The number of hydrogen-bond acceptors (Lipinski definition) is 4. The molecule has 4 nitrogen and oxygen atoms in total. The summed E-state index contributed by atoms with van der Waals surface area (Å²) in [6.45, 7) is 3.25. The Kier molecular flexibility index (Phi) is 7.16. The predicted molar refractivity (Wildman–Crippen MR) is 76.7 cm³/mol. The van der Waals surface area contributed by atoms with Gasteiger partial charge in [0.05, 0.1) is 6.10 Å². The zero-order chi connectivity index (χ0) is 14.3. The van der Waals surface area contributed by atoms with Gasteiger partial charge in [0, 0.05) is 18.1 Å². The van der Waals surface area contributed by atoms with Gasteiger partial charge >= 0.3 is 0 Å². The van der Waals surface area contributed by atoms with Gasteiger partial charge in [-0.05, 0) is 44.7 Å². The zero-order valence-corrected chi connectivity index (χ0v) is 12.2. The minimum Gasteiger partial charge on any atom is -0.491 e. The van der Waals surface area contributed by atoms with Crippen LogP contribution in [0.1, 0.15) is 13.3 Å². The number of rotatable bonds is 8. The summed E-state index contributed by atoms with van der Waals surface area (Å²) in [5, 5.41) is 19.7. The molecule has 0 amide bonds. The molecule has 0 bridgehead atoms. The molecule has 2 unspecified atom stereocenters. The van der Waals surface area contributed by atoms with Crippen LogP contribution in [0.25, 0.3) is 0 Å². The van der Waals surface area contributed by atoms with Crippen LogP contribution in [0.15, 0.2) is 24.3 Å². The van der Waals surface area contributed by atoms with E-state index in [1.807, 2.05) is 11.9 Å². The molecular formula is C14H22ClNO3. The molecule has 1 aromatic carbocycles. The molecule has 1 rings (SSSR count). The maximum absolute atomic E-state index is 9.85. The highest BCUT2D eigenvalue weighted by Gasteiger charge is 2.10. The van der Waals surface area contributed by atoms with Crippen molar-refractivity contribution in [1.29, 1.82) is 0 Å². The largest absolute Gasteiger partial charge is 0.491 e. The fourth-order valence-corrected chi connectivity index (χ4v) is 1.76. The third-order valence-electron chi connectivity index (χ3n) is 2.71. The van der Waals surface area contributed by atoms with E-state index in [0.29, 0.717) is 23.7 Å². The smallest absolute Gasteiger partial charge is 0.119 e. The van der Waals surface area contributed by atoms with Gasteiger partial charge in [-0.1, -0.05) is 11.6 Å². The van der Waals surface area contributed by atoms with Crippen LogP contribution in [0.3, 0.4) is 0 Å². The molecule has 5 heteroatoms. The van der Waals surface area contributed by atoms with Crippen LogP contribution >= 0.6 is 11.6 Å². The molecule has 0 fully saturated rings. The molecule has 19 heavy (non-hydrogen) atoms. The van der Waals surface area contributed by atoms with E-state index < -0.39 is 6.10 Å². The van der Waals surface area contributed by atoms with Crippen molar-refractivity contribution in [2.24, 2.45) is 0 Å². The van der Waals surface area contributed by atoms with Crippen molar-refractivity contribution in [3.8, 4) is 5.75 Å². The summed E-state index contributed by atoms with van der Waals surface area (Å²) in [6.07, 6.45) is -0.180. The van der Waals surface area contributed by atoms with Crippen LogP contribution in [0, 0.1) is 0 Å². The number of benzene rings is 1. The standard InChI is InChI=1S/C14H22ClNO3/c1-11(17)7-8-16(2)9-13(18)10-19-14-5-3-12(15)4-6-14/h3-6,11,13,17-18H,7-10H2,1-2H3. The highest BCUT2D eigenvalue weighted by Crippen LogP contribution is 2.15. The lowest BCUT2D eigenvalue weighted by atomic mass is 10.2. The number of halogens is 1. The van der Waals surface area contributed by atoms with E-state index in [-0.39, 0.29) is 12.7 Å². The minimum absolute atomic E-state index is 0.237. The lowest BCUT2D eigenvalue weighted by Gasteiger charge is -2.21. The molecule has 2 atom stereocenters. The van der Waals surface area contributed by atoms with Gasteiger partial charge in [-0.3, -0.25) is 0 Å². The van der Waals surface area contributed by atoms with Crippen LogP contribution in [-0.4, -0.2) is 54.1 Å². The second-order valence-corrected chi connectivity index (χ2v) is 5.26. The first-order valence-corrected chi connectivity index (χ1v) is 6.78. The second-order valence-electron chi connectivity index (χ2n) is 4.82. The average molecular weight is 288 g/mol. The minimum atomic E-state index is -0.560. The van der Waals surface area contributed by atoms with Gasteiger partial charge in [0.15, 0.2) is 0 Å². The number of aliphatic hydroxyl groups excluding tert-OH is 2. The summed E-state index contributed by atoms with van der Waals surface area (Å²) in [6, 6.07) is 7.04. The van der Waals surface area contributed by atoms with Gasteiger partial charge in [0.2, 0.25) is 0 Å². The van der Waals surface area contributed by atoms with Crippen molar-refractivity contribution in [1.82, 2.24) is 4.90 Å². The monoisotopic (exact) mass is 287 g/mol. The number of likely N-dealkylation sites (N-methyl/N-ethyl adjacent to an activating group) is 1. The Balaban J connectivity index is 2.23. The van der Waals surface area contributed by atoms with Gasteiger partial charge in [-0.2, -0.15) is 0 Å². The topological polar surface area (TPSA) is 52.9 Å². The van der Waals surface area contributed by atoms with Gasteiger partial charge in [0.25, 0.3) is 0 Å². The molecule has 0 saturated carbocycles. The molecule has 108 valence electrons. The number of nitrogens with zero attached hydrogens (tertiary/aromatic N) is 1. The van der Waals surface area contributed by atoms with Crippen LogP contribution in [0.5, 0.6) is 5.75 Å². The van der Waals surface area contributed by atoms with E-state index in [9.17, 15) is 10.2 Å². The third-order valence-corrected chi connectivity index (χ3v) is 2.96. The summed E-state index contributed by atoms with van der Waals surface area (Å²) >= 11 is 5.77. The molecule has 2 N–H and O–H groups in total. The van der Waals surface area contributed by atoms with E-state index in [1.54, 1.807) is 31.2 Å². The van der Waals surface area contributed by atoms with Crippen LogP contribution in [-0.2, 0) is 0 Å². The Bertz CT molecular complexity index is 356. The molecule has 0 aliphatic carbocycles. The summed E-state index contributed by atoms with van der Waals surface area (Å²) < 4.78 is 5.46. The molecule has 0 saturated heterocycles. The van der Waals surface area contributed by atoms with Crippen LogP contribution in [0.4, 0.5) is 0 Å². The van der Waals surface area contributed by atoms with Gasteiger partial charge in [-0.25, -0.2) is 0 Å². The van der Waals surface area contributed by atoms with E-state index >= 15 is 0 Å². The third kappa shape index (κ3) is 7.38. The fraction of sp³-hybridized carbons (Fsp3) is 0.571. The molecule has 0 radical (unpaired) electrons. The number of hydrogen-bond donors (Lipinski definition) is 2. The average Bonchev–Trinajstić information content (AvgIpc) is 2.36. The van der Waals surface area contributed by atoms with Gasteiger partial charge in [0.1, 0.15) is 18.5 Å². The molecule has 0 spiro atoms. The predicted octanol–water partition coefficient (Wildman–Crippen LogP) is 1.78. The summed E-state index contributed by atoms with van der Waals surface area (Å²) in [5.74, 6) is 0.690. The van der Waals surface area contributed by atoms with Crippen molar-refractivity contribution in [2.45, 2.75) is 25.6 Å². The molecule has 1 aromatic rings. The maximum Gasteiger partial charge on any atom is 0.119 e. The van der Waals surface area contributed by atoms with Crippen molar-refractivity contribution >= 4 is 11.6 Å². The lowest BCUT2D eigenvalue weighted by Crippen LogP contribution is -2.34. The van der Waals surface area contributed by atoms with Crippen LogP contribution < -0.4 is 4.74 Å². The first kappa shape index (κ1) is 16.2.